The second-order valence-electron chi connectivity index (χ2n) is 6.87. The first-order chi connectivity index (χ1) is 15.4. The number of aromatic nitrogens is 2. The summed E-state index contributed by atoms with van der Waals surface area (Å²) in [4.78, 5) is 9.10. The predicted molar refractivity (Wildman–Crippen MR) is 103 cm³/mol. The molecule has 0 atom stereocenters. The van der Waals surface area contributed by atoms with Gasteiger partial charge in [-0.2, -0.15) is 30.6 Å². The van der Waals surface area contributed by atoms with Gasteiger partial charge in [0.15, 0.2) is 13.2 Å². The SMILES string of the molecule is O=S(=O)(c1cc(OCC(F)(F)F)ccc1OCC(F)(F)F)N1CCN(c2cnccn2)CC1. The number of benzene rings is 1. The van der Waals surface area contributed by atoms with E-state index in [1.807, 2.05) is 0 Å². The number of piperazine rings is 1. The Bertz CT molecular complexity index is 1040. The van der Waals surface area contributed by atoms with Gasteiger partial charge in [0.25, 0.3) is 0 Å². The minimum absolute atomic E-state index is 0.0503. The molecule has 1 aliphatic rings. The number of alkyl halides is 6. The maximum absolute atomic E-state index is 13.2. The van der Waals surface area contributed by atoms with Crippen LogP contribution in [-0.4, -0.2) is 74.4 Å². The van der Waals surface area contributed by atoms with Crippen LogP contribution in [0.5, 0.6) is 11.5 Å². The van der Waals surface area contributed by atoms with Gasteiger partial charge in [0.05, 0.1) is 6.20 Å². The van der Waals surface area contributed by atoms with Crippen LogP contribution in [-0.2, 0) is 10.0 Å². The van der Waals surface area contributed by atoms with Crippen LogP contribution in [0.2, 0.25) is 0 Å². The second-order valence-corrected chi connectivity index (χ2v) is 8.78. The van der Waals surface area contributed by atoms with Gasteiger partial charge in [0.2, 0.25) is 10.0 Å². The summed E-state index contributed by atoms with van der Waals surface area (Å²) < 4.78 is 112. The van der Waals surface area contributed by atoms with Crippen LogP contribution < -0.4 is 14.4 Å². The molecule has 1 fully saturated rings. The summed E-state index contributed by atoms with van der Waals surface area (Å²) in [5.74, 6) is -0.613. The fourth-order valence-corrected chi connectivity index (χ4v) is 4.54. The average molecular weight is 500 g/mol. The second kappa shape index (κ2) is 9.59. The molecule has 0 unspecified atom stereocenters. The van der Waals surface area contributed by atoms with E-state index in [2.05, 4.69) is 19.4 Å². The van der Waals surface area contributed by atoms with E-state index >= 15 is 0 Å². The summed E-state index contributed by atoms with van der Waals surface area (Å²) in [5, 5.41) is 0. The number of halogens is 6. The number of sulfonamides is 1. The molecule has 0 aliphatic carbocycles. The van der Waals surface area contributed by atoms with Gasteiger partial charge in [-0.25, -0.2) is 13.4 Å². The lowest BCUT2D eigenvalue weighted by Gasteiger charge is -2.34. The highest BCUT2D eigenvalue weighted by atomic mass is 32.2. The van der Waals surface area contributed by atoms with E-state index in [1.54, 1.807) is 4.90 Å². The number of anilines is 1. The van der Waals surface area contributed by atoms with Crippen molar-refractivity contribution in [2.75, 3.05) is 44.3 Å². The van der Waals surface area contributed by atoms with Crippen molar-refractivity contribution in [2.45, 2.75) is 17.2 Å². The molecule has 2 aromatic rings. The smallest absolute Gasteiger partial charge is 0.422 e. The zero-order valence-corrected chi connectivity index (χ0v) is 17.6. The lowest BCUT2D eigenvalue weighted by atomic mass is 10.3. The molecule has 1 saturated heterocycles. The van der Waals surface area contributed by atoms with Crippen molar-refractivity contribution >= 4 is 15.8 Å². The van der Waals surface area contributed by atoms with E-state index in [4.69, 9.17) is 0 Å². The van der Waals surface area contributed by atoms with E-state index in [0.29, 0.717) is 5.82 Å². The van der Waals surface area contributed by atoms with Crippen LogP contribution in [0, 0.1) is 0 Å². The van der Waals surface area contributed by atoms with Crippen molar-refractivity contribution in [1.29, 1.82) is 0 Å². The molecular weight excluding hydrogens is 482 g/mol. The highest BCUT2D eigenvalue weighted by Crippen LogP contribution is 2.33. The van der Waals surface area contributed by atoms with Gasteiger partial charge < -0.3 is 14.4 Å². The number of ether oxygens (including phenoxy) is 2. The van der Waals surface area contributed by atoms with E-state index in [0.717, 1.165) is 22.5 Å². The van der Waals surface area contributed by atoms with E-state index < -0.39 is 52.0 Å². The zero-order valence-electron chi connectivity index (χ0n) is 16.8. The Hall–Kier alpha value is -2.81. The number of nitrogens with zero attached hydrogens (tertiary/aromatic N) is 4. The van der Waals surface area contributed by atoms with Crippen LogP contribution in [0.1, 0.15) is 0 Å². The van der Waals surface area contributed by atoms with Crippen molar-refractivity contribution < 1.29 is 44.2 Å². The molecule has 0 radical (unpaired) electrons. The van der Waals surface area contributed by atoms with Crippen LogP contribution in [0.3, 0.4) is 0 Å². The fraction of sp³-hybridized carbons (Fsp3) is 0.444. The summed E-state index contributed by atoms with van der Waals surface area (Å²) in [5.41, 5.74) is 0. The summed E-state index contributed by atoms with van der Waals surface area (Å²) in [6.07, 6.45) is -5.01. The lowest BCUT2D eigenvalue weighted by molar-refractivity contribution is -0.154. The molecule has 2 heterocycles. The number of hydrogen-bond donors (Lipinski definition) is 0. The van der Waals surface area contributed by atoms with Crippen LogP contribution in [0.15, 0.2) is 41.7 Å². The minimum Gasteiger partial charge on any atom is -0.484 e. The Morgan fingerprint density at radius 2 is 1.55 bits per heavy atom. The monoisotopic (exact) mass is 500 g/mol. The Morgan fingerprint density at radius 1 is 0.909 bits per heavy atom. The highest BCUT2D eigenvalue weighted by molar-refractivity contribution is 7.89. The first kappa shape index (κ1) is 24.8. The third-order valence-corrected chi connectivity index (χ3v) is 6.36. The molecule has 0 saturated carbocycles. The summed E-state index contributed by atoms with van der Waals surface area (Å²) in [7, 11) is -4.43. The average Bonchev–Trinajstić information content (AvgIpc) is 2.76. The van der Waals surface area contributed by atoms with Gasteiger partial charge in [-0.05, 0) is 12.1 Å². The molecular formula is C18H18F6N4O4S. The van der Waals surface area contributed by atoms with Gasteiger partial charge in [-0.3, -0.25) is 4.98 Å². The Kier molecular flexibility index (Phi) is 7.21. The predicted octanol–water partition coefficient (Wildman–Crippen LogP) is 2.87. The van der Waals surface area contributed by atoms with Crippen molar-refractivity contribution in [3.05, 3.63) is 36.8 Å². The molecule has 3 rings (SSSR count). The fourth-order valence-electron chi connectivity index (χ4n) is 2.97. The number of rotatable bonds is 7. The maximum atomic E-state index is 13.2. The molecule has 0 bridgehead atoms. The van der Waals surface area contributed by atoms with Gasteiger partial charge in [-0.1, -0.05) is 0 Å². The third kappa shape index (κ3) is 6.83. The molecule has 15 heteroatoms. The molecule has 0 spiro atoms. The molecule has 0 N–H and O–H groups in total. The van der Waals surface area contributed by atoms with Crippen molar-refractivity contribution in [3.8, 4) is 11.5 Å². The standard InChI is InChI=1S/C18H18F6N4O4S/c19-17(20,21)11-31-13-1-2-14(32-12-18(22,23)24)15(9-13)33(29,30)28-7-5-27(6-8-28)16-10-25-3-4-26-16/h1-4,9-10H,5-8,11-12H2. The minimum atomic E-state index is -4.76. The molecule has 1 aliphatic heterocycles. The highest BCUT2D eigenvalue weighted by Gasteiger charge is 2.35. The Balaban J connectivity index is 1.83. The quantitative estimate of drug-likeness (QED) is 0.541. The Morgan fingerprint density at radius 3 is 2.12 bits per heavy atom. The largest absolute Gasteiger partial charge is 0.484 e. The van der Waals surface area contributed by atoms with Crippen molar-refractivity contribution in [1.82, 2.24) is 14.3 Å². The van der Waals surface area contributed by atoms with Gasteiger partial charge in [-0.15, -0.1) is 0 Å². The van der Waals surface area contributed by atoms with Crippen molar-refractivity contribution in [2.24, 2.45) is 0 Å². The molecule has 182 valence electrons. The summed E-state index contributed by atoms with van der Waals surface area (Å²) in [6, 6.07) is 2.46. The normalized spacial score (nSPS) is 16.0. The van der Waals surface area contributed by atoms with E-state index in [9.17, 15) is 34.8 Å². The lowest BCUT2D eigenvalue weighted by Crippen LogP contribution is -2.49. The first-order valence-corrected chi connectivity index (χ1v) is 10.8. The first-order valence-electron chi connectivity index (χ1n) is 9.39. The summed E-state index contributed by atoms with van der Waals surface area (Å²) in [6.45, 7) is -3.16. The molecule has 1 aromatic carbocycles. The van der Waals surface area contributed by atoms with Gasteiger partial charge in [0.1, 0.15) is 22.2 Å². The maximum Gasteiger partial charge on any atom is 0.422 e. The zero-order chi connectivity index (χ0) is 24.3. The molecule has 33 heavy (non-hydrogen) atoms. The van der Waals surface area contributed by atoms with Crippen LogP contribution in [0.25, 0.3) is 0 Å². The summed E-state index contributed by atoms with van der Waals surface area (Å²) >= 11 is 0. The van der Waals surface area contributed by atoms with E-state index in [-0.39, 0.29) is 26.2 Å². The number of hydrogen-bond acceptors (Lipinski definition) is 7. The van der Waals surface area contributed by atoms with E-state index in [1.165, 1.54) is 18.6 Å². The third-order valence-electron chi connectivity index (χ3n) is 4.44. The molecule has 8 nitrogen and oxygen atoms in total. The van der Waals surface area contributed by atoms with Crippen molar-refractivity contribution in [3.63, 3.8) is 0 Å². The molecule has 0 amide bonds. The van der Waals surface area contributed by atoms with Crippen LogP contribution in [0.4, 0.5) is 32.2 Å². The topological polar surface area (TPSA) is 84.9 Å². The Labute approximate surface area is 184 Å². The van der Waals surface area contributed by atoms with Gasteiger partial charge >= 0.3 is 12.4 Å². The molecule has 1 aromatic heterocycles. The van der Waals surface area contributed by atoms with Gasteiger partial charge in [0, 0.05) is 44.6 Å². The van der Waals surface area contributed by atoms with Crippen LogP contribution >= 0.6 is 0 Å².